The summed E-state index contributed by atoms with van der Waals surface area (Å²) in [5.74, 6) is -0.734. The fourth-order valence-corrected chi connectivity index (χ4v) is 0.943. The molecule has 0 saturated heterocycles. The number of carbonyl (C=O) groups excluding carboxylic acids is 2. The smallest absolute Gasteiger partial charge is 0.239 e. The van der Waals surface area contributed by atoms with Gasteiger partial charge in [0.05, 0.1) is 12.6 Å². The molecule has 0 aliphatic rings. The maximum Gasteiger partial charge on any atom is 0.239 e. The van der Waals surface area contributed by atoms with Crippen LogP contribution < -0.4 is 11.5 Å². The van der Waals surface area contributed by atoms with E-state index in [1.807, 2.05) is 6.92 Å². The quantitative estimate of drug-likeness (QED) is 0.582. The molecule has 0 aromatic carbocycles. The Morgan fingerprint density at radius 1 is 1.38 bits per heavy atom. The molecule has 0 heterocycles. The summed E-state index contributed by atoms with van der Waals surface area (Å²) in [6.45, 7) is 4.00. The van der Waals surface area contributed by atoms with Crippen molar-refractivity contribution in [2.45, 2.75) is 26.3 Å². The molecule has 0 bridgehead atoms. The fourth-order valence-electron chi connectivity index (χ4n) is 0.943. The molecule has 0 aliphatic heterocycles. The predicted molar refractivity (Wildman–Crippen MR) is 49.7 cm³/mol. The Morgan fingerprint density at radius 3 is 2.23 bits per heavy atom. The van der Waals surface area contributed by atoms with Crippen LogP contribution in [0.5, 0.6) is 0 Å². The molecule has 1 unspecified atom stereocenters. The number of rotatable bonds is 5. The minimum absolute atomic E-state index is 0.0525. The first-order chi connectivity index (χ1) is 6.02. The van der Waals surface area contributed by atoms with Crippen LogP contribution in [0.3, 0.4) is 0 Å². The van der Waals surface area contributed by atoms with Gasteiger partial charge < -0.3 is 16.4 Å². The molecule has 5 heteroatoms. The molecule has 0 radical (unpaired) electrons. The van der Waals surface area contributed by atoms with E-state index in [-0.39, 0.29) is 12.5 Å². The zero-order chi connectivity index (χ0) is 10.4. The summed E-state index contributed by atoms with van der Waals surface area (Å²) in [6.07, 6.45) is 0.564. The van der Waals surface area contributed by atoms with E-state index in [2.05, 4.69) is 0 Å². The van der Waals surface area contributed by atoms with Crippen molar-refractivity contribution in [2.24, 2.45) is 11.5 Å². The largest absolute Gasteiger partial charge is 0.368 e. The lowest BCUT2D eigenvalue weighted by molar-refractivity contribution is -0.136. The third-order valence-corrected chi connectivity index (χ3v) is 1.80. The van der Waals surface area contributed by atoms with Gasteiger partial charge in [-0.15, -0.1) is 0 Å². The summed E-state index contributed by atoms with van der Waals surface area (Å²) in [5, 5.41) is 0. The van der Waals surface area contributed by atoms with Crippen LogP contribution in [0, 0.1) is 0 Å². The number of carbonyl (C=O) groups is 2. The average molecular weight is 187 g/mol. The minimum Gasteiger partial charge on any atom is -0.368 e. The number of nitrogens with two attached hydrogens (primary N) is 2. The van der Waals surface area contributed by atoms with Gasteiger partial charge in [-0.3, -0.25) is 9.59 Å². The van der Waals surface area contributed by atoms with Crippen LogP contribution in [0.4, 0.5) is 0 Å². The summed E-state index contributed by atoms with van der Waals surface area (Å²) >= 11 is 0. The Balaban J connectivity index is 4.22. The van der Waals surface area contributed by atoms with E-state index in [1.165, 1.54) is 4.90 Å². The zero-order valence-electron chi connectivity index (χ0n) is 8.12. The van der Waals surface area contributed by atoms with Crippen molar-refractivity contribution in [2.75, 3.05) is 13.1 Å². The van der Waals surface area contributed by atoms with E-state index < -0.39 is 11.9 Å². The SMILES string of the molecule is CCC(N)C(=O)N(CC)CC(N)=O. The molecule has 0 fully saturated rings. The van der Waals surface area contributed by atoms with Crippen LogP contribution in [-0.2, 0) is 9.59 Å². The second-order valence-electron chi connectivity index (χ2n) is 2.83. The number of likely N-dealkylation sites (N-methyl/N-ethyl adjacent to an activating group) is 1. The molecule has 4 N–H and O–H groups in total. The zero-order valence-corrected chi connectivity index (χ0v) is 8.12. The highest BCUT2D eigenvalue weighted by Crippen LogP contribution is 1.96. The Hall–Kier alpha value is -1.10. The highest BCUT2D eigenvalue weighted by Gasteiger charge is 2.19. The second-order valence-corrected chi connectivity index (χ2v) is 2.83. The van der Waals surface area contributed by atoms with E-state index in [1.54, 1.807) is 6.92 Å². The third kappa shape index (κ3) is 3.89. The molecule has 0 aromatic rings. The van der Waals surface area contributed by atoms with E-state index in [4.69, 9.17) is 11.5 Å². The Labute approximate surface area is 78.1 Å². The third-order valence-electron chi connectivity index (χ3n) is 1.80. The number of primary amides is 1. The Kier molecular flexibility index (Phi) is 5.06. The van der Waals surface area contributed by atoms with Crippen molar-refractivity contribution in [3.05, 3.63) is 0 Å². The first-order valence-electron chi connectivity index (χ1n) is 4.35. The van der Waals surface area contributed by atoms with Gasteiger partial charge in [-0.25, -0.2) is 0 Å². The molecule has 1 atom stereocenters. The standard InChI is InChI=1S/C8H17N3O2/c1-3-6(9)8(13)11(4-2)5-7(10)12/h6H,3-5,9H2,1-2H3,(H2,10,12). The van der Waals surface area contributed by atoms with E-state index in [9.17, 15) is 9.59 Å². The lowest BCUT2D eigenvalue weighted by Gasteiger charge is -2.22. The summed E-state index contributed by atoms with van der Waals surface area (Å²) in [7, 11) is 0. The monoisotopic (exact) mass is 187 g/mol. The molecule has 0 spiro atoms. The molecule has 5 nitrogen and oxygen atoms in total. The summed E-state index contributed by atoms with van der Waals surface area (Å²) in [6, 6.07) is -0.528. The number of hydrogen-bond acceptors (Lipinski definition) is 3. The van der Waals surface area contributed by atoms with E-state index in [0.717, 1.165) is 0 Å². The minimum atomic E-state index is -0.528. The van der Waals surface area contributed by atoms with Crippen molar-refractivity contribution in [3.8, 4) is 0 Å². The van der Waals surface area contributed by atoms with Crippen molar-refractivity contribution in [1.82, 2.24) is 4.90 Å². The van der Waals surface area contributed by atoms with E-state index in [0.29, 0.717) is 13.0 Å². The Bertz CT molecular complexity index is 194. The highest BCUT2D eigenvalue weighted by atomic mass is 16.2. The average Bonchev–Trinajstić information content (AvgIpc) is 2.11. The maximum absolute atomic E-state index is 11.4. The van der Waals surface area contributed by atoms with Gasteiger partial charge in [0.1, 0.15) is 0 Å². The molecule has 0 aliphatic carbocycles. The predicted octanol–water partition coefficient (Wildman–Crippen LogP) is -0.942. The highest BCUT2D eigenvalue weighted by molar-refractivity contribution is 5.86. The molecule has 0 rings (SSSR count). The van der Waals surface area contributed by atoms with Gasteiger partial charge in [-0.1, -0.05) is 6.92 Å². The van der Waals surface area contributed by atoms with Gasteiger partial charge in [0, 0.05) is 6.54 Å². The van der Waals surface area contributed by atoms with Crippen molar-refractivity contribution in [1.29, 1.82) is 0 Å². The first kappa shape index (κ1) is 11.9. The van der Waals surface area contributed by atoms with E-state index >= 15 is 0 Å². The van der Waals surface area contributed by atoms with Crippen LogP contribution in [0.1, 0.15) is 20.3 Å². The van der Waals surface area contributed by atoms with Gasteiger partial charge in [0.2, 0.25) is 11.8 Å². The normalized spacial score (nSPS) is 12.2. The van der Waals surface area contributed by atoms with Gasteiger partial charge in [-0.2, -0.15) is 0 Å². The van der Waals surface area contributed by atoms with Gasteiger partial charge in [0.25, 0.3) is 0 Å². The molecule has 2 amide bonds. The number of hydrogen-bond donors (Lipinski definition) is 2. The molecule has 0 aromatic heterocycles. The molecule has 0 saturated carbocycles. The fraction of sp³-hybridized carbons (Fsp3) is 0.750. The lowest BCUT2D eigenvalue weighted by Crippen LogP contribution is -2.46. The van der Waals surface area contributed by atoms with Crippen LogP contribution in [-0.4, -0.2) is 35.8 Å². The Morgan fingerprint density at radius 2 is 1.92 bits per heavy atom. The lowest BCUT2D eigenvalue weighted by atomic mass is 10.2. The van der Waals surface area contributed by atoms with Gasteiger partial charge >= 0.3 is 0 Å². The molecular formula is C8H17N3O2. The summed E-state index contributed by atoms with van der Waals surface area (Å²) in [5.41, 5.74) is 10.5. The van der Waals surface area contributed by atoms with Crippen LogP contribution in [0.2, 0.25) is 0 Å². The van der Waals surface area contributed by atoms with Crippen LogP contribution >= 0.6 is 0 Å². The second kappa shape index (κ2) is 5.53. The number of amides is 2. The van der Waals surface area contributed by atoms with Crippen molar-refractivity contribution in [3.63, 3.8) is 0 Å². The maximum atomic E-state index is 11.4. The van der Waals surface area contributed by atoms with Gasteiger partial charge in [0.15, 0.2) is 0 Å². The topological polar surface area (TPSA) is 89.4 Å². The molecule has 13 heavy (non-hydrogen) atoms. The summed E-state index contributed by atoms with van der Waals surface area (Å²) < 4.78 is 0. The van der Waals surface area contributed by atoms with Crippen molar-refractivity contribution >= 4 is 11.8 Å². The molecule has 76 valence electrons. The molecular weight excluding hydrogens is 170 g/mol. The van der Waals surface area contributed by atoms with Gasteiger partial charge in [-0.05, 0) is 13.3 Å². The first-order valence-corrected chi connectivity index (χ1v) is 4.35. The summed E-state index contributed by atoms with van der Waals surface area (Å²) in [4.78, 5) is 23.4. The van der Waals surface area contributed by atoms with Crippen LogP contribution in [0.15, 0.2) is 0 Å². The number of nitrogens with zero attached hydrogens (tertiary/aromatic N) is 1. The van der Waals surface area contributed by atoms with Crippen molar-refractivity contribution < 1.29 is 9.59 Å². The van der Waals surface area contributed by atoms with Crippen LogP contribution in [0.25, 0.3) is 0 Å².